The quantitative estimate of drug-likeness (QED) is 0.652. The third-order valence-electron chi connectivity index (χ3n) is 3.03. The monoisotopic (exact) mass is 334 g/mol. The van der Waals surface area contributed by atoms with Gasteiger partial charge < -0.3 is 10.6 Å². The molecule has 1 aromatic heterocycles. The molecule has 6 heteroatoms. The highest BCUT2D eigenvalue weighted by Crippen LogP contribution is 2.24. The number of carbonyl (C=O) groups excluding carboxylic acids is 2. The second-order valence-electron chi connectivity index (χ2n) is 4.81. The summed E-state index contributed by atoms with van der Waals surface area (Å²) in [7, 11) is 0. The summed E-state index contributed by atoms with van der Waals surface area (Å²) < 4.78 is 0. The van der Waals surface area contributed by atoms with E-state index in [1.165, 1.54) is 16.6 Å². The summed E-state index contributed by atoms with van der Waals surface area (Å²) >= 11 is 3.16. The predicted molar refractivity (Wildman–Crippen MR) is 92.5 cm³/mol. The van der Waals surface area contributed by atoms with Gasteiger partial charge in [0.15, 0.2) is 0 Å². The lowest BCUT2D eigenvalue weighted by Crippen LogP contribution is -2.41. The van der Waals surface area contributed by atoms with Gasteiger partial charge in [-0.05, 0) is 36.8 Å². The Morgan fingerprint density at radius 1 is 1.18 bits per heavy atom. The first-order valence-electron chi connectivity index (χ1n) is 6.87. The fourth-order valence-electron chi connectivity index (χ4n) is 2.00. The van der Waals surface area contributed by atoms with Crippen molar-refractivity contribution in [3.8, 4) is 0 Å². The molecule has 2 amide bonds. The molecule has 1 aromatic carbocycles. The number of para-hydroxylation sites is 1. The standard InChI is InChI=1S/C16H18N2O2S2/c1-11(10-12-6-5-9-22-12)17-15(19)16(20)18-13-7-3-4-8-14(13)21-2/h3-9,11H,10H2,1-2H3,(H,17,19)(H,18,20). The number of nitrogens with one attached hydrogen (secondary N) is 2. The summed E-state index contributed by atoms with van der Waals surface area (Å²) in [6, 6.07) is 11.3. The average molecular weight is 334 g/mol. The van der Waals surface area contributed by atoms with Crippen LogP contribution in [0.3, 0.4) is 0 Å². The van der Waals surface area contributed by atoms with E-state index in [1.54, 1.807) is 17.4 Å². The summed E-state index contributed by atoms with van der Waals surface area (Å²) in [4.78, 5) is 26.1. The third-order valence-corrected chi connectivity index (χ3v) is 4.72. The number of carbonyl (C=O) groups is 2. The molecule has 1 heterocycles. The Morgan fingerprint density at radius 2 is 1.95 bits per heavy atom. The molecule has 1 unspecified atom stereocenters. The molecule has 2 N–H and O–H groups in total. The van der Waals surface area contributed by atoms with Crippen molar-refractivity contribution in [2.45, 2.75) is 24.3 Å². The molecule has 0 saturated carbocycles. The molecule has 0 aliphatic carbocycles. The second kappa shape index (κ2) is 8.00. The number of thioether (sulfide) groups is 1. The highest BCUT2D eigenvalue weighted by molar-refractivity contribution is 7.98. The maximum absolute atomic E-state index is 12.0. The Balaban J connectivity index is 1.90. The van der Waals surface area contributed by atoms with Gasteiger partial charge >= 0.3 is 11.8 Å². The van der Waals surface area contributed by atoms with Gasteiger partial charge in [-0.2, -0.15) is 0 Å². The number of anilines is 1. The number of amides is 2. The van der Waals surface area contributed by atoms with E-state index < -0.39 is 11.8 Å². The summed E-state index contributed by atoms with van der Waals surface area (Å²) in [6.07, 6.45) is 2.65. The van der Waals surface area contributed by atoms with Crippen LogP contribution in [0.4, 0.5) is 5.69 Å². The lowest BCUT2D eigenvalue weighted by Gasteiger charge is -2.13. The number of hydrogen-bond acceptors (Lipinski definition) is 4. The summed E-state index contributed by atoms with van der Waals surface area (Å²) in [5.74, 6) is -1.25. The molecule has 0 spiro atoms. The van der Waals surface area contributed by atoms with Crippen LogP contribution < -0.4 is 10.6 Å². The van der Waals surface area contributed by atoms with Crippen molar-refractivity contribution in [3.05, 3.63) is 46.7 Å². The summed E-state index contributed by atoms with van der Waals surface area (Å²) in [5.41, 5.74) is 0.654. The zero-order chi connectivity index (χ0) is 15.9. The van der Waals surface area contributed by atoms with Crippen LogP contribution in [-0.2, 0) is 16.0 Å². The van der Waals surface area contributed by atoms with E-state index in [1.807, 2.05) is 48.9 Å². The zero-order valence-corrected chi connectivity index (χ0v) is 14.1. The average Bonchev–Trinajstić information content (AvgIpc) is 3.00. The molecule has 2 aromatic rings. The van der Waals surface area contributed by atoms with E-state index in [-0.39, 0.29) is 6.04 Å². The minimum atomic E-state index is -0.639. The van der Waals surface area contributed by atoms with Crippen molar-refractivity contribution >= 4 is 40.6 Å². The minimum Gasteiger partial charge on any atom is -0.345 e. The van der Waals surface area contributed by atoms with Crippen molar-refractivity contribution in [3.63, 3.8) is 0 Å². The van der Waals surface area contributed by atoms with Gasteiger partial charge in [-0.1, -0.05) is 18.2 Å². The van der Waals surface area contributed by atoms with Crippen molar-refractivity contribution < 1.29 is 9.59 Å². The molecule has 2 rings (SSSR count). The molecule has 0 bridgehead atoms. The lowest BCUT2D eigenvalue weighted by atomic mass is 10.2. The van der Waals surface area contributed by atoms with E-state index in [9.17, 15) is 9.59 Å². The number of rotatable bonds is 5. The molecule has 1 atom stereocenters. The van der Waals surface area contributed by atoms with Crippen molar-refractivity contribution in [2.75, 3.05) is 11.6 Å². The Bertz CT molecular complexity index is 641. The first kappa shape index (κ1) is 16.6. The smallest absolute Gasteiger partial charge is 0.313 e. The lowest BCUT2D eigenvalue weighted by molar-refractivity contribution is -0.136. The van der Waals surface area contributed by atoms with E-state index >= 15 is 0 Å². The van der Waals surface area contributed by atoms with Crippen molar-refractivity contribution in [1.29, 1.82) is 0 Å². The van der Waals surface area contributed by atoms with E-state index in [0.717, 1.165) is 11.3 Å². The fourth-order valence-corrected chi connectivity index (χ4v) is 3.39. The second-order valence-corrected chi connectivity index (χ2v) is 6.69. The number of benzene rings is 1. The van der Waals surface area contributed by atoms with Gasteiger partial charge in [0.1, 0.15) is 0 Å². The molecular formula is C16H18N2O2S2. The van der Waals surface area contributed by atoms with Crippen LogP contribution in [-0.4, -0.2) is 24.1 Å². The van der Waals surface area contributed by atoms with Gasteiger partial charge in [0.2, 0.25) is 0 Å². The van der Waals surface area contributed by atoms with Gasteiger partial charge in [-0.3, -0.25) is 9.59 Å². The van der Waals surface area contributed by atoms with Crippen molar-refractivity contribution in [2.24, 2.45) is 0 Å². The van der Waals surface area contributed by atoms with Crippen LogP contribution in [0.5, 0.6) is 0 Å². The van der Waals surface area contributed by atoms with Crippen LogP contribution in [0.1, 0.15) is 11.8 Å². The Kier molecular flexibility index (Phi) is 6.03. The highest BCUT2D eigenvalue weighted by atomic mass is 32.2. The Morgan fingerprint density at radius 3 is 2.64 bits per heavy atom. The van der Waals surface area contributed by atoms with Gasteiger partial charge in [0, 0.05) is 22.2 Å². The molecule has 0 aliphatic heterocycles. The van der Waals surface area contributed by atoms with E-state index in [2.05, 4.69) is 10.6 Å². The SMILES string of the molecule is CSc1ccccc1NC(=O)C(=O)NC(C)Cc1cccs1. The third kappa shape index (κ3) is 4.61. The van der Waals surface area contributed by atoms with Crippen LogP contribution >= 0.6 is 23.1 Å². The maximum Gasteiger partial charge on any atom is 0.313 e. The highest BCUT2D eigenvalue weighted by Gasteiger charge is 2.17. The molecule has 0 aliphatic rings. The van der Waals surface area contributed by atoms with Crippen LogP contribution in [0.2, 0.25) is 0 Å². The van der Waals surface area contributed by atoms with Crippen LogP contribution in [0.25, 0.3) is 0 Å². The van der Waals surface area contributed by atoms with Gasteiger partial charge in [0.05, 0.1) is 5.69 Å². The topological polar surface area (TPSA) is 58.2 Å². The van der Waals surface area contributed by atoms with E-state index in [0.29, 0.717) is 5.69 Å². The number of thiophene rings is 1. The predicted octanol–water partition coefficient (Wildman–Crippen LogP) is 3.16. The minimum absolute atomic E-state index is 0.0901. The first-order valence-corrected chi connectivity index (χ1v) is 8.98. The summed E-state index contributed by atoms with van der Waals surface area (Å²) in [5, 5.41) is 7.38. The van der Waals surface area contributed by atoms with Crippen molar-refractivity contribution in [1.82, 2.24) is 5.32 Å². The number of hydrogen-bond donors (Lipinski definition) is 2. The molecule has 0 fully saturated rings. The van der Waals surface area contributed by atoms with Gasteiger partial charge in [0.25, 0.3) is 0 Å². The Labute approximate surface area is 138 Å². The molecule has 22 heavy (non-hydrogen) atoms. The fraction of sp³-hybridized carbons (Fsp3) is 0.250. The Hall–Kier alpha value is -1.79. The molecule has 0 radical (unpaired) electrons. The van der Waals surface area contributed by atoms with Gasteiger partial charge in [-0.25, -0.2) is 0 Å². The summed E-state index contributed by atoms with van der Waals surface area (Å²) in [6.45, 7) is 1.89. The normalized spacial score (nSPS) is 11.7. The molecule has 0 saturated heterocycles. The largest absolute Gasteiger partial charge is 0.345 e. The maximum atomic E-state index is 12.0. The van der Waals surface area contributed by atoms with Crippen LogP contribution in [0.15, 0.2) is 46.7 Å². The first-order chi connectivity index (χ1) is 10.6. The molecule has 116 valence electrons. The molecule has 4 nitrogen and oxygen atoms in total. The van der Waals surface area contributed by atoms with Crippen LogP contribution in [0, 0.1) is 0 Å². The molecular weight excluding hydrogens is 316 g/mol. The van der Waals surface area contributed by atoms with Gasteiger partial charge in [-0.15, -0.1) is 23.1 Å². The zero-order valence-electron chi connectivity index (χ0n) is 12.5. The van der Waals surface area contributed by atoms with E-state index in [4.69, 9.17) is 0 Å².